The molecule has 3 N–H and O–H groups in total. The first-order valence-electron chi connectivity index (χ1n) is 5.29. The van der Waals surface area contributed by atoms with Gasteiger partial charge in [-0.2, -0.15) is 4.98 Å². The van der Waals surface area contributed by atoms with E-state index in [9.17, 15) is 5.11 Å². The highest BCUT2D eigenvalue weighted by atomic mass is 79.9. The summed E-state index contributed by atoms with van der Waals surface area (Å²) in [6.07, 6.45) is 4.51. The maximum Gasteiger partial charge on any atom is 0.224 e. The molecule has 88 valence electrons. The number of aromatic nitrogens is 2. The van der Waals surface area contributed by atoms with Crippen LogP contribution in [0.1, 0.15) is 19.3 Å². The smallest absolute Gasteiger partial charge is 0.224 e. The lowest BCUT2D eigenvalue weighted by molar-refractivity contribution is -0.0202. The summed E-state index contributed by atoms with van der Waals surface area (Å²) in [5, 5.41) is 16.0. The van der Waals surface area contributed by atoms with E-state index in [2.05, 4.69) is 36.5 Å². The fourth-order valence-corrected chi connectivity index (χ4v) is 1.95. The molecule has 0 aromatic carbocycles. The van der Waals surface area contributed by atoms with Crippen LogP contribution in [0, 0.1) is 0 Å². The number of nitrogens with one attached hydrogen (secondary N) is 2. The fourth-order valence-electron chi connectivity index (χ4n) is 1.62. The van der Waals surface area contributed by atoms with Crippen LogP contribution in [0.4, 0.5) is 11.8 Å². The number of anilines is 2. The van der Waals surface area contributed by atoms with E-state index in [4.69, 9.17) is 0 Å². The molecule has 0 aliphatic heterocycles. The summed E-state index contributed by atoms with van der Waals surface area (Å²) >= 11 is 3.37. The topological polar surface area (TPSA) is 70.1 Å². The first kappa shape index (κ1) is 11.6. The van der Waals surface area contributed by atoms with Gasteiger partial charge in [0.05, 0.1) is 10.1 Å². The minimum absolute atomic E-state index is 0.533. The van der Waals surface area contributed by atoms with E-state index in [0.717, 1.165) is 23.7 Å². The molecule has 0 atom stereocenters. The van der Waals surface area contributed by atoms with E-state index in [0.29, 0.717) is 18.3 Å². The van der Waals surface area contributed by atoms with Gasteiger partial charge in [-0.15, -0.1) is 0 Å². The van der Waals surface area contributed by atoms with Crippen molar-refractivity contribution in [2.75, 3.05) is 24.2 Å². The Morgan fingerprint density at radius 3 is 2.88 bits per heavy atom. The number of nitrogens with zero attached hydrogens (tertiary/aromatic N) is 2. The second-order valence-corrected chi connectivity index (χ2v) is 4.93. The van der Waals surface area contributed by atoms with E-state index in [1.54, 1.807) is 13.2 Å². The molecule has 1 aromatic rings. The van der Waals surface area contributed by atoms with Gasteiger partial charge in [0, 0.05) is 19.8 Å². The number of aliphatic hydroxyl groups is 1. The molecule has 1 saturated carbocycles. The van der Waals surface area contributed by atoms with Crippen LogP contribution < -0.4 is 10.6 Å². The second kappa shape index (κ2) is 4.55. The van der Waals surface area contributed by atoms with E-state index in [1.165, 1.54) is 0 Å². The molecule has 1 aliphatic rings. The lowest BCUT2D eigenvalue weighted by Gasteiger charge is -2.36. The van der Waals surface area contributed by atoms with Crippen LogP contribution in [0.2, 0.25) is 0 Å². The Morgan fingerprint density at radius 1 is 1.56 bits per heavy atom. The van der Waals surface area contributed by atoms with E-state index < -0.39 is 5.60 Å². The van der Waals surface area contributed by atoms with Gasteiger partial charge in [-0.05, 0) is 35.2 Å². The molecule has 1 aromatic heterocycles. The Labute approximate surface area is 103 Å². The van der Waals surface area contributed by atoms with Crippen LogP contribution >= 0.6 is 15.9 Å². The molecular formula is C10H15BrN4O. The Bertz CT molecular complexity index is 381. The standard InChI is InChI=1S/C10H15BrN4O/c1-12-9-13-5-7(11)8(15-9)14-6-10(16)3-2-4-10/h5,16H,2-4,6H2,1H3,(H2,12,13,14,15). The van der Waals surface area contributed by atoms with Crippen molar-refractivity contribution in [3.63, 3.8) is 0 Å². The summed E-state index contributed by atoms with van der Waals surface area (Å²) < 4.78 is 0.800. The number of hydrogen-bond donors (Lipinski definition) is 3. The summed E-state index contributed by atoms with van der Waals surface area (Å²) in [7, 11) is 1.77. The fraction of sp³-hybridized carbons (Fsp3) is 0.600. The van der Waals surface area contributed by atoms with Gasteiger partial charge < -0.3 is 15.7 Å². The zero-order valence-electron chi connectivity index (χ0n) is 9.13. The van der Waals surface area contributed by atoms with Crippen molar-refractivity contribution in [2.24, 2.45) is 0 Å². The molecule has 0 spiro atoms. The number of rotatable bonds is 4. The molecule has 2 rings (SSSR count). The molecular weight excluding hydrogens is 272 g/mol. The van der Waals surface area contributed by atoms with Crippen LogP contribution in [-0.2, 0) is 0 Å². The highest BCUT2D eigenvalue weighted by molar-refractivity contribution is 9.10. The molecule has 0 unspecified atom stereocenters. The number of halogens is 1. The predicted molar refractivity (Wildman–Crippen MR) is 66.6 cm³/mol. The van der Waals surface area contributed by atoms with Gasteiger partial charge in [0.1, 0.15) is 5.82 Å². The van der Waals surface area contributed by atoms with Crippen LogP contribution in [0.5, 0.6) is 0 Å². The average Bonchev–Trinajstić information content (AvgIpc) is 2.25. The van der Waals surface area contributed by atoms with Crippen molar-refractivity contribution in [1.82, 2.24) is 9.97 Å². The van der Waals surface area contributed by atoms with Gasteiger partial charge in [0.2, 0.25) is 5.95 Å². The first-order valence-corrected chi connectivity index (χ1v) is 6.09. The van der Waals surface area contributed by atoms with E-state index in [-0.39, 0.29) is 0 Å². The zero-order chi connectivity index (χ0) is 11.6. The van der Waals surface area contributed by atoms with Gasteiger partial charge in [-0.3, -0.25) is 0 Å². The van der Waals surface area contributed by atoms with Crippen molar-refractivity contribution < 1.29 is 5.11 Å². The molecule has 1 fully saturated rings. The van der Waals surface area contributed by atoms with Gasteiger partial charge in [-0.1, -0.05) is 0 Å². The molecule has 0 saturated heterocycles. The van der Waals surface area contributed by atoms with Crippen molar-refractivity contribution in [3.05, 3.63) is 10.7 Å². The summed E-state index contributed by atoms with van der Waals surface area (Å²) in [4.78, 5) is 8.33. The van der Waals surface area contributed by atoms with Crippen LogP contribution in [-0.4, -0.2) is 34.3 Å². The van der Waals surface area contributed by atoms with Crippen molar-refractivity contribution in [3.8, 4) is 0 Å². The summed E-state index contributed by atoms with van der Waals surface area (Å²) in [5.41, 5.74) is -0.551. The first-order chi connectivity index (χ1) is 7.63. The Kier molecular flexibility index (Phi) is 3.30. The van der Waals surface area contributed by atoms with Crippen molar-refractivity contribution in [1.29, 1.82) is 0 Å². The Hall–Kier alpha value is -0.880. The monoisotopic (exact) mass is 286 g/mol. The molecule has 0 bridgehead atoms. The largest absolute Gasteiger partial charge is 0.388 e. The third-order valence-electron chi connectivity index (χ3n) is 2.84. The molecule has 0 amide bonds. The Morgan fingerprint density at radius 2 is 2.31 bits per heavy atom. The summed E-state index contributed by atoms with van der Waals surface area (Å²) in [6, 6.07) is 0. The maximum absolute atomic E-state index is 9.95. The van der Waals surface area contributed by atoms with Gasteiger partial charge >= 0.3 is 0 Å². The predicted octanol–water partition coefficient (Wildman–Crippen LogP) is 1.61. The minimum Gasteiger partial charge on any atom is -0.388 e. The normalized spacial score (nSPS) is 17.7. The minimum atomic E-state index is -0.551. The average molecular weight is 287 g/mol. The zero-order valence-corrected chi connectivity index (χ0v) is 10.7. The van der Waals surface area contributed by atoms with Crippen molar-refractivity contribution in [2.45, 2.75) is 24.9 Å². The number of hydrogen-bond acceptors (Lipinski definition) is 5. The maximum atomic E-state index is 9.95. The van der Waals surface area contributed by atoms with Crippen molar-refractivity contribution >= 4 is 27.7 Å². The van der Waals surface area contributed by atoms with Gasteiger partial charge in [-0.25, -0.2) is 4.98 Å². The van der Waals surface area contributed by atoms with E-state index in [1.807, 2.05) is 0 Å². The third kappa shape index (κ3) is 2.44. The summed E-state index contributed by atoms with van der Waals surface area (Å²) in [6.45, 7) is 0.533. The molecule has 5 nitrogen and oxygen atoms in total. The highest BCUT2D eigenvalue weighted by Crippen LogP contribution is 2.32. The molecule has 16 heavy (non-hydrogen) atoms. The van der Waals surface area contributed by atoms with Crippen LogP contribution in [0.3, 0.4) is 0 Å². The molecule has 1 heterocycles. The van der Waals surface area contributed by atoms with Crippen LogP contribution in [0.15, 0.2) is 10.7 Å². The quantitative estimate of drug-likeness (QED) is 0.785. The SMILES string of the molecule is CNc1ncc(Br)c(NCC2(O)CCC2)n1. The van der Waals surface area contributed by atoms with Gasteiger partial charge in [0.15, 0.2) is 0 Å². The molecule has 6 heteroatoms. The van der Waals surface area contributed by atoms with Gasteiger partial charge in [0.25, 0.3) is 0 Å². The summed E-state index contributed by atoms with van der Waals surface area (Å²) in [5.74, 6) is 1.27. The Balaban J connectivity index is 2.02. The highest BCUT2D eigenvalue weighted by Gasteiger charge is 2.34. The second-order valence-electron chi connectivity index (χ2n) is 4.07. The lowest BCUT2D eigenvalue weighted by Crippen LogP contribution is -2.43. The molecule has 1 aliphatic carbocycles. The van der Waals surface area contributed by atoms with E-state index >= 15 is 0 Å². The molecule has 0 radical (unpaired) electrons. The lowest BCUT2D eigenvalue weighted by atomic mass is 9.80. The van der Waals surface area contributed by atoms with Crippen LogP contribution in [0.25, 0.3) is 0 Å². The third-order valence-corrected chi connectivity index (χ3v) is 3.42.